The number of nitrogens with one attached hydrogen (secondary N) is 3. The highest BCUT2D eigenvalue weighted by Crippen LogP contribution is 2.42. The van der Waals surface area contributed by atoms with Gasteiger partial charge in [0.05, 0.1) is 17.8 Å². The number of hydrogen-bond acceptors (Lipinski definition) is 5. The standard InChI is InChI=1S/C21H27N5O3/c1-21(2)17-15(18(25-24-17)23-19(27)14-9-10-14)12-26(21)20(28)29-16(11-22-3)13-7-5-4-6-8-13/h4-8,14,16,22H,9-12H2,1-3H3,(H2,23,24,25,27)/t16-/m1/s1. The maximum atomic E-state index is 13.1. The summed E-state index contributed by atoms with van der Waals surface area (Å²) in [5.41, 5.74) is 1.98. The molecule has 1 aliphatic carbocycles. The number of fused-ring (bicyclic) bond motifs is 1. The molecule has 8 nitrogen and oxygen atoms in total. The van der Waals surface area contributed by atoms with Gasteiger partial charge in [-0.3, -0.25) is 14.8 Å². The van der Waals surface area contributed by atoms with Crippen LogP contribution in [0.25, 0.3) is 0 Å². The summed E-state index contributed by atoms with van der Waals surface area (Å²) in [5, 5.41) is 13.3. The number of carbonyl (C=O) groups excluding carboxylic acids is 2. The maximum Gasteiger partial charge on any atom is 0.411 e. The van der Waals surface area contributed by atoms with E-state index in [-0.39, 0.29) is 11.8 Å². The fourth-order valence-electron chi connectivity index (χ4n) is 3.74. The summed E-state index contributed by atoms with van der Waals surface area (Å²) in [4.78, 5) is 26.9. The van der Waals surface area contributed by atoms with Gasteiger partial charge in [-0.1, -0.05) is 30.3 Å². The minimum Gasteiger partial charge on any atom is -0.440 e. The molecule has 1 fully saturated rings. The minimum atomic E-state index is -0.622. The molecule has 0 radical (unpaired) electrons. The van der Waals surface area contributed by atoms with Crippen LogP contribution in [0.2, 0.25) is 0 Å². The molecule has 0 unspecified atom stereocenters. The molecule has 1 atom stereocenters. The van der Waals surface area contributed by atoms with Gasteiger partial charge in [0.15, 0.2) is 5.82 Å². The molecule has 8 heteroatoms. The molecule has 0 spiro atoms. The van der Waals surface area contributed by atoms with E-state index >= 15 is 0 Å². The summed E-state index contributed by atoms with van der Waals surface area (Å²) < 4.78 is 5.87. The van der Waals surface area contributed by atoms with Gasteiger partial charge in [0.1, 0.15) is 6.10 Å². The SMILES string of the molecule is CNC[C@@H](OC(=O)N1Cc2c(NC(=O)C3CC3)n[nH]c2C1(C)C)c1ccccc1. The lowest BCUT2D eigenvalue weighted by atomic mass is 10.0. The highest BCUT2D eigenvalue weighted by atomic mass is 16.6. The van der Waals surface area contributed by atoms with Crippen LogP contribution in [0.1, 0.15) is 49.6 Å². The van der Waals surface area contributed by atoms with E-state index in [1.807, 2.05) is 51.2 Å². The second kappa shape index (κ2) is 7.51. The number of nitrogens with zero attached hydrogens (tertiary/aromatic N) is 2. The van der Waals surface area contributed by atoms with Crippen molar-refractivity contribution in [2.24, 2.45) is 5.92 Å². The van der Waals surface area contributed by atoms with E-state index in [1.54, 1.807) is 4.90 Å². The zero-order chi connectivity index (χ0) is 20.6. The van der Waals surface area contributed by atoms with Crippen LogP contribution in [0.4, 0.5) is 10.6 Å². The number of ether oxygens (including phenoxy) is 1. The molecule has 2 aliphatic rings. The topological polar surface area (TPSA) is 99.3 Å². The zero-order valence-electron chi connectivity index (χ0n) is 17.0. The van der Waals surface area contributed by atoms with E-state index in [2.05, 4.69) is 20.8 Å². The first-order valence-electron chi connectivity index (χ1n) is 9.98. The first kappa shape index (κ1) is 19.4. The van der Waals surface area contributed by atoms with Crippen molar-refractivity contribution in [2.75, 3.05) is 18.9 Å². The zero-order valence-corrected chi connectivity index (χ0v) is 17.0. The maximum absolute atomic E-state index is 13.1. The van der Waals surface area contributed by atoms with E-state index in [9.17, 15) is 9.59 Å². The summed E-state index contributed by atoms with van der Waals surface area (Å²) in [7, 11) is 1.83. The van der Waals surface area contributed by atoms with Crippen molar-refractivity contribution in [3.8, 4) is 0 Å². The molecular weight excluding hydrogens is 370 g/mol. The second-order valence-electron chi connectivity index (χ2n) is 8.18. The highest BCUT2D eigenvalue weighted by Gasteiger charge is 2.45. The fraction of sp³-hybridized carbons (Fsp3) is 0.476. The third kappa shape index (κ3) is 3.72. The van der Waals surface area contributed by atoms with Crippen molar-refractivity contribution < 1.29 is 14.3 Å². The molecule has 3 N–H and O–H groups in total. The smallest absolute Gasteiger partial charge is 0.411 e. The van der Waals surface area contributed by atoms with Gasteiger partial charge < -0.3 is 15.4 Å². The Labute approximate surface area is 170 Å². The number of aromatic nitrogens is 2. The molecule has 2 amide bonds. The van der Waals surface area contributed by atoms with Gasteiger partial charge in [-0.15, -0.1) is 0 Å². The van der Waals surface area contributed by atoms with Crippen molar-refractivity contribution in [3.63, 3.8) is 0 Å². The number of carbonyl (C=O) groups is 2. The van der Waals surface area contributed by atoms with Crippen LogP contribution < -0.4 is 10.6 Å². The van der Waals surface area contributed by atoms with Crippen molar-refractivity contribution in [1.29, 1.82) is 0 Å². The Hall–Kier alpha value is -2.87. The van der Waals surface area contributed by atoms with Crippen LogP contribution in [-0.2, 0) is 21.6 Å². The summed E-state index contributed by atoms with van der Waals surface area (Å²) >= 11 is 0. The van der Waals surface area contributed by atoms with Crippen LogP contribution in [0.3, 0.4) is 0 Å². The molecule has 154 valence electrons. The first-order chi connectivity index (χ1) is 13.9. The minimum absolute atomic E-state index is 0.00343. The Balaban J connectivity index is 1.51. The predicted molar refractivity (Wildman–Crippen MR) is 108 cm³/mol. The molecule has 0 saturated heterocycles. The van der Waals surface area contributed by atoms with Crippen LogP contribution in [0.15, 0.2) is 30.3 Å². The van der Waals surface area contributed by atoms with E-state index < -0.39 is 17.7 Å². The summed E-state index contributed by atoms with van der Waals surface area (Å²) in [6.45, 7) is 4.74. The number of amides is 2. The van der Waals surface area contributed by atoms with E-state index in [0.717, 1.165) is 29.7 Å². The lowest BCUT2D eigenvalue weighted by Gasteiger charge is -2.32. The van der Waals surface area contributed by atoms with Gasteiger partial charge in [0, 0.05) is 18.0 Å². The van der Waals surface area contributed by atoms with Crippen LogP contribution >= 0.6 is 0 Å². The third-order valence-electron chi connectivity index (χ3n) is 5.68. The average Bonchev–Trinajstić information content (AvgIpc) is 3.42. The van der Waals surface area contributed by atoms with Crippen LogP contribution in [-0.4, -0.2) is 40.7 Å². The average molecular weight is 397 g/mol. The number of hydrogen-bond donors (Lipinski definition) is 3. The number of anilines is 1. The van der Waals surface area contributed by atoms with E-state index in [0.29, 0.717) is 18.9 Å². The third-order valence-corrected chi connectivity index (χ3v) is 5.68. The number of benzene rings is 1. The van der Waals surface area contributed by atoms with Crippen molar-refractivity contribution in [3.05, 3.63) is 47.2 Å². The number of rotatable bonds is 6. The van der Waals surface area contributed by atoms with Crippen LogP contribution in [0.5, 0.6) is 0 Å². The molecule has 1 aromatic carbocycles. The largest absolute Gasteiger partial charge is 0.440 e. The number of aromatic amines is 1. The molecule has 1 saturated carbocycles. The molecule has 0 bridgehead atoms. The van der Waals surface area contributed by atoms with Crippen molar-refractivity contribution in [1.82, 2.24) is 20.4 Å². The van der Waals surface area contributed by atoms with E-state index in [4.69, 9.17) is 4.74 Å². The Morgan fingerprint density at radius 1 is 1.31 bits per heavy atom. The number of H-pyrrole nitrogens is 1. The van der Waals surface area contributed by atoms with E-state index in [1.165, 1.54) is 0 Å². The van der Waals surface area contributed by atoms with Gasteiger partial charge in [-0.2, -0.15) is 5.10 Å². The van der Waals surface area contributed by atoms with Gasteiger partial charge in [-0.05, 0) is 39.3 Å². The Bertz CT molecular complexity index is 904. The molecule has 29 heavy (non-hydrogen) atoms. The monoisotopic (exact) mass is 397 g/mol. The number of likely N-dealkylation sites (N-methyl/N-ethyl adjacent to an activating group) is 1. The van der Waals surface area contributed by atoms with Crippen LogP contribution in [0, 0.1) is 5.92 Å². The summed E-state index contributed by atoms with van der Waals surface area (Å²) in [6, 6.07) is 9.68. The summed E-state index contributed by atoms with van der Waals surface area (Å²) in [6.07, 6.45) is 1.06. The Morgan fingerprint density at radius 3 is 2.69 bits per heavy atom. The molecule has 1 aliphatic heterocycles. The molecular formula is C21H27N5O3. The molecule has 2 aromatic rings. The Kier molecular flexibility index (Phi) is 5.04. The van der Waals surface area contributed by atoms with Gasteiger partial charge >= 0.3 is 6.09 Å². The highest BCUT2D eigenvalue weighted by molar-refractivity contribution is 5.94. The lowest BCUT2D eigenvalue weighted by molar-refractivity contribution is -0.117. The van der Waals surface area contributed by atoms with Gasteiger partial charge in [0.25, 0.3) is 0 Å². The first-order valence-corrected chi connectivity index (χ1v) is 9.98. The van der Waals surface area contributed by atoms with Gasteiger partial charge in [0.2, 0.25) is 5.91 Å². The van der Waals surface area contributed by atoms with Crippen molar-refractivity contribution >= 4 is 17.8 Å². The summed E-state index contributed by atoms with van der Waals surface area (Å²) in [5.74, 6) is 0.595. The molecule has 2 heterocycles. The fourth-order valence-corrected chi connectivity index (χ4v) is 3.74. The van der Waals surface area contributed by atoms with Gasteiger partial charge in [-0.25, -0.2) is 4.79 Å². The Morgan fingerprint density at radius 2 is 2.03 bits per heavy atom. The molecule has 1 aromatic heterocycles. The lowest BCUT2D eigenvalue weighted by Crippen LogP contribution is -2.42. The van der Waals surface area contributed by atoms with Crippen molar-refractivity contribution in [2.45, 2.75) is 44.9 Å². The predicted octanol–water partition coefficient (Wildman–Crippen LogP) is 2.91. The normalized spacial score (nSPS) is 18.2. The second-order valence-corrected chi connectivity index (χ2v) is 8.18. The quantitative estimate of drug-likeness (QED) is 0.696. The molecule has 4 rings (SSSR count).